The predicted molar refractivity (Wildman–Crippen MR) is 84.4 cm³/mol. The summed E-state index contributed by atoms with van der Waals surface area (Å²) in [5.74, 6) is -0.438. The molecule has 0 aliphatic carbocycles. The molecule has 2 heteroatoms. The Morgan fingerprint density at radius 1 is 1.00 bits per heavy atom. The molecule has 0 radical (unpaired) electrons. The van der Waals surface area contributed by atoms with Crippen molar-refractivity contribution in [2.75, 3.05) is 0 Å². The summed E-state index contributed by atoms with van der Waals surface area (Å²) in [7, 11) is 0. The zero-order valence-corrected chi connectivity index (χ0v) is 12.6. The monoisotopic (exact) mass is 277 g/mol. The van der Waals surface area contributed by atoms with E-state index >= 15 is 0 Å². The van der Waals surface area contributed by atoms with Crippen molar-refractivity contribution >= 4 is 5.78 Å². The Bertz CT molecular complexity index is 677. The molecule has 21 heavy (non-hydrogen) atoms. The number of ketones is 1. The lowest BCUT2D eigenvalue weighted by Gasteiger charge is -2.12. The lowest BCUT2D eigenvalue weighted by atomic mass is 9.89. The quantitative estimate of drug-likeness (QED) is 0.766. The molecule has 0 spiro atoms. The molecule has 0 heterocycles. The molecule has 0 saturated heterocycles. The molecule has 0 N–H and O–H groups in total. The van der Waals surface area contributed by atoms with E-state index < -0.39 is 5.92 Å². The molecular weight excluding hydrogens is 258 g/mol. The van der Waals surface area contributed by atoms with Crippen LogP contribution in [-0.2, 0) is 0 Å². The molecule has 0 saturated carbocycles. The zero-order chi connectivity index (χ0) is 15.4. The Morgan fingerprint density at radius 3 is 2.10 bits per heavy atom. The molecule has 2 aromatic rings. The highest BCUT2D eigenvalue weighted by molar-refractivity contribution is 6.03. The standard InChI is InChI=1S/C19H19NO/c1-13(2)15-8-10-16(11-9-15)18(12-20)19(21)17-7-5-4-6-14(17)3/h4-11,13,18H,1-3H3. The number of rotatable bonds is 4. The number of carbonyl (C=O) groups excluding carboxylic acids is 1. The minimum atomic E-state index is -0.743. The highest BCUT2D eigenvalue weighted by atomic mass is 16.1. The number of carbonyl (C=O) groups is 1. The van der Waals surface area contributed by atoms with Gasteiger partial charge in [-0.2, -0.15) is 5.26 Å². The number of Topliss-reactive ketones (excluding diaryl/α,β-unsaturated/α-hetero) is 1. The molecule has 2 aromatic carbocycles. The Kier molecular flexibility index (Phi) is 4.55. The molecule has 0 aliphatic heterocycles. The van der Waals surface area contributed by atoms with Crippen molar-refractivity contribution in [2.24, 2.45) is 0 Å². The van der Waals surface area contributed by atoms with Gasteiger partial charge in [-0.25, -0.2) is 0 Å². The number of nitrogens with zero attached hydrogens (tertiary/aromatic N) is 1. The second kappa shape index (κ2) is 6.37. The van der Waals surface area contributed by atoms with Crippen molar-refractivity contribution in [1.82, 2.24) is 0 Å². The van der Waals surface area contributed by atoms with Crippen LogP contribution in [-0.4, -0.2) is 5.78 Å². The average Bonchev–Trinajstić information content (AvgIpc) is 2.49. The first-order valence-electron chi connectivity index (χ1n) is 7.14. The Morgan fingerprint density at radius 2 is 1.57 bits per heavy atom. The van der Waals surface area contributed by atoms with E-state index in [-0.39, 0.29) is 5.78 Å². The van der Waals surface area contributed by atoms with Crippen molar-refractivity contribution < 1.29 is 4.79 Å². The summed E-state index contributed by atoms with van der Waals surface area (Å²) in [4.78, 5) is 12.6. The normalized spacial score (nSPS) is 12.0. The van der Waals surface area contributed by atoms with Gasteiger partial charge < -0.3 is 0 Å². The van der Waals surface area contributed by atoms with Crippen LogP contribution in [0.3, 0.4) is 0 Å². The number of hydrogen-bond acceptors (Lipinski definition) is 2. The van der Waals surface area contributed by atoms with E-state index in [2.05, 4.69) is 19.9 Å². The topological polar surface area (TPSA) is 40.9 Å². The van der Waals surface area contributed by atoms with Crippen molar-refractivity contribution in [3.8, 4) is 6.07 Å². The van der Waals surface area contributed by atoms with Gasteiger partial charge in [-0.05, 0) is 29.5 Å². The largest absolute Gasteiger partial charge is 0.292 e. The summed E-state index contributed by atoms with van der Waals surface area (Å²) >= 11 is 0. The van der Waals surface area contributed by atoms with Gasteiger partial charge in [0, 0.05) is 5.56 Å². The maximum absolute atomic E-state index is 12.6. The predicted octanol–water partition coefficient (Wildman–Crippen LogP) is 4.61. The Balaban J connectivity index is 2.34. The van der Waals surface area contributed by atoms with Crippen LogP contribution in [0, 0.1) is 18.3 Å². The van der Waals surface area contributed by atoms with Crippen LogP contribution >= 0.6 is 0 Å². The van der Waals surface area contributed by atoms with Crippen LogP contribution in [0.2, 0.25) is 0 Å². The first kappa shape index (κ1) is 15.0. The summed E-state index contributed by atoms with van der Waals surface area (Å²) in [5.41, 5.74) is 3.49. The van der Waals surface area contributed by atoms with E-state index in [1.165, 1.54) is 5.56 Å². The van der Waals surface area contributed by atoms with Crippen molar-refractivity contribution in [3.63, 3.8) is 0 Å². The third-order valence-electron chi connectivity index (χ3n) is 3.74. The minimum Gasteiger partial charge on any atom is -0.292 e. The van der Waals surface area contributed by atoms with Gasteiger partial charge in [0.2, 0.25) is 0 Å². The molecule has 0 amide bonds. The molecule has 1 unspecified atom stereocenters. The second-order valence-electron chi connectivity index (χ2n) is 5.56. The molecule has 0 aromatic heterocycles. The zero-order valence-electron chi connectivity index (χ0n) is 12.6. The maximum Gasteiger partial charge on any atom is 0.184 e. The smallest absolute Gasteiger partial charge is 0.184 e. The van der Waals surface area contributed by atoms with Crippen molar-refractivity contribution in [2.45, 2.75) is 32.6 Å². The van der Waals surface area contributed by atoms with Crippen molar-refractivity contribution in [1.29, 1.82) is 5.26 Å². The summed E-state index contributed by atoms with van der Waals surface area (Å²) in [6.45, 7) is 6.13. The fourth-order valence-corrected chi connectivity index (χ4v) is 2.36. The average molecular weight is 277 g/mol. The van der Waals surface area contributed by atoms with Crippen LogP contribution < -0.4 is 0 Å². The molecular formula is C19H19NO. The number of nitriles is 1. The third-order valence-corrected chi connectivity index (χ3v) is 3.74. The van der Waals surface area contributed by atoms with Crippen LogP contribution in [0.25, 0.3) is 0 Å². The van der Waals surface area contributed by atoms with E-state index in [1.807, 2.05) is 49.4 Å². The molecule has 0 fully saturated rings. The second-order valence-corrected chi connectivity index (χ2v) is 5.56. The van der Waals surface area contributed by atoms with Gasteiger partial charge in [0.15, 0.2) is 5.78 Å². The van der Waals surface area contributed by atoms with E-state index in [1.54, 1.807) is 6.07 Å². The summed E-state index contributed by atoms with van der Waals surface area (Å²) in [6, 6.07) is 17.3. The third kappa shape index (κ3) is 3.20. The van der Waals surface area contributed by atoms with E-state index in [0.717, 1.165) is 11.1 Å². The SMILES string of the molecule is Cc1ccccc1C(=O)C(C#N)c1ccc(C(C)C)cc1. The molecule has 2 nitrogen and oxygen atoms in total. The van der Waals surface area contributed by atoms with Crippen LogP contribution in [0.4, 0.5) is 0 Å². The molecule has 0 bridgehead atoms. The summed E-state index contributed by atoms with van der Waals surface area (Å²) in [5, 5.41) is 9.41. The summed E-state index contributed by atoms with van der Waals surface area (Å²) < 4.78 is 0. The lowest BCUT2D eigenvalue weighted by molar-refractivity contribution is 0.0978. The molecule has 1 atom stereocenters. The van der Waals surface area contributed by atoms with Crippen LogP contribution in [0.5, 0.6) is 0 Å². The molecule has 2 rings (SSSR count). The first-order chi connectivity index (χ1) is 10.0. The van der Waals surface area contributed by atoms with Gasteiger partial charge in [-0.15, -0.1) is 0 Å². The maximum atomic E-state index is 12.6. The highest BCUT2D eigenvalue weighted by Crippen LogP contribution is 2.24. The van der Waals surface area contributed by atoms with Gasteiger partial charge in [0.25, 0.3) is 0 Å². The van der Waals surface area contributed by atoms with Crippen LogP contribution in [0.1, 0.15) is 52.7 Å². The molecule has 0 aliphatic rings. The van der Waals surface area contributed by atoms with Gasteiger partial charge in [-0.3, -0.25) is 4.79 Å². The van der Waals surface area contributed by atoms with E-state index in [4.69, 9.17) is 0 Å². The Hall–Kier alpha value is -2.40. The number of benzene rings is 2. The van der Waals surface area contributed by atoms with Gasteiger partial charge in [0.1, 0.15) is 5.92 Å². The highest BCUT2D eigenvalue weighted by Gasteiger charge is 2.22. The Labute approximate surface area is 126 Å². The van der Waals surface area contributed by atoms with Gasteiger partial charge in [0.05, 0.1) is 6.07 Å². The van der Waals surface area contributed by atoms with Crippen molar-refractivity contribution in [3.05, 3.63) is 70.8 Å². The minimum absolute atomic E-state index is 0.132. The molecule has 106 valence electrons. The fourth-order valence-electron chi connectivity index (χ4n) is 2.36. The first-order valence-corrected chi connectivity index (χ1v) is 7.14. The van der Waals surface area contributed by atoms with Crippen LogP contribution in [0.15, 0.2) is 48.5 Å². The van der Waals surface area contributed by atoms with Gasteiger partial charge >= 0.3 is 0 Å². The number of aryl methyl sites for hydroxylation is 1. The van der Waals surface area contributed by atoms with Gasteiger partial charge in [-0.1, -0.05) is 62.4 Å². The summed E-state index contributed by atoms with van der Waals surface area (Å²) in [6.07, 6.45) is 0. The number of hydrogen-bond donors (Lipinski definition) is 0. The van der Waals surface area contributed by atoms with E-state index in [9.17, 15) is 10.1 Å². The lowest BCUT2D eigenvalue weighted by Crippen LogP contribution is -2.12. The van der Waals surface area contributed by atoms with E-state index in [0.29, 0.717) is 11.5 Å². The fraction of sp³-hybridized carbons (Fsp3) is 0.263.